The van der Waals surface area contributed by atoms with Gasteiger partial charge in [0.2, 0.25) is 0 Å². The highest BCUT2D eigenvalue weighted by Gasteiger charge is 2.51. The van der Waals surface area contributed by atoms with Gasteiger partial charge in [-0.25, -0.2) is 9.37 Å². The first-order valence-corrected chi connectivity index (χ1v) is 13.1. The molecule has 4 aliphatic rings. The standard InChI is InChI=1S/C24H27FN8OS/c25-14-7-24(5-2-6-33(24)9-14)12-34-22-30-20-18(28-13-29-20)21(31-22)32-10-23(11-32)4-1-3-16-17(23)15(8-26)19(27)35-16/h13-14H,1-7,9-12,27H2,(H,28,29,30,31)/t14-,24+/m1/s1. The fourth-order valence-corrected chi connectivity index (χ4v) is 8.13. The molecule has 3 N–H and O–H groups in total. The molecule has 0 aromatic carbocycles. The van der Waals surface area contributed by atoms with E-state index in [2.05, 4.69) is 30.8 Å². The molecule has 3 aromatic rings. The molecule has 6 heterocycles. The number of aromatic amines is 1. The Morgan fingerprint density at radius 3 is 3.06 bits per heavy atom. The summed E-state index contributed by atoms with van der Waals surface area (Å²) in [4.78, 5) is 22.6. The number of fused-ring (bicyclic) bond motifs is 4. The number of nitrogens with one attached hydrogen (secondary N) is 1. The van der Waals surface area contributed by atoms with E-state index in [9.17, 15) is 9.65 Å². The zero-order valence-electron chi connectivity index (χ0n) is 19.4. The molecule has 35 heavy (non-hydrogen) atoms. The Morgan fingerprint density at radius 2 is 2.20 bits per heavy atom. The lowest BCUT2D eigenvalue weighted by molar-refractivity contribution is 0.107. The minimum atomic E-state index is -0.800. The van der Waals surface area contributed by atoms with Gasteiger partial charge >= 0.3 is 6.01 Å². The molecule has 3 saturated heterocycles. The number of nitrogens with two attached hydrogens (primary N) is 1. The molecule has 0 radical (unpaired) electrons. The third-order valence-corrected chi connectivity index (χ3v) is 9.55. The molecule has 3 fully saturated rings. The number of nitrogen functional groups attached to an aromatic ring is 1. The summed E-state index contributed by atoms with van der Waals surface area (Å²) < 4.78 is 20.3. The fraction of sp³-hybridized carbons (Fsp3) is 0.583. The van der Waals surface area contributed by atoms with Crippen LogP contribution in [0.1, 0.15) is 48.1 Å². The highest BCUT2D eigenvalue weighted by atomic mass is 32.1. The van der Waals surface area contributed by atoms with Crippen LogP contribution in [0.2, 0.25) is 0 Å². The van der Waals surface area contributed by atoms with Crippen LogP contribution in [-0.4, -0.2) is 69.3 Å². The lowest BCUT2D eigenvalue weighted by Crippen LogP contribution is -2.61. The molecule has 0 bridgehead atoms. The summed E-state index contributed by atoms with van der Waals surface area (Å²) in [6, 6.07) is 2.64. The first-order valence-electron chi connectivity index (χ1n) is 12.3. The van der Waals surface area contributed by atoms with Crippen molar-refractivity contribution in [2.24, 2.45) is 0 Å². The smallest absolute Gasteiger partial charge is 0.320 e. The maximum Gasteiger partial charge on any atom is 0.320 e. The maximum absolute atomic E-state index is 14.2. The Bertz CT molecular complexity index is 1360. The topological polar surface area (TPSA) is 120 Å². The SMILES string of the molecule is N#Cc1c(N)sc2c1C1(CCC2)CN(c2nc(OC[C@@]34CCCN3C[C@H](F)C4)nc3nc[nH]c23)C1. The lowest BCUT2D eigenvalue weighted by atomic mass is 9.66. The van der Waals surface area contributed by atoms with Gasteiger partial charge in [-0.05, 0) is 44.2 Å². The molecule has 9 nitrogen and oxygen atoms in total. The molecule has 3 aliphatic heterocycles. The number of hydrogen-bond acceptors (Lipinski definition) is 9. The second-order valence-corrected chi connectivity index (χ2v) is 11.7. The Hall–Kier alpha value is -2.97. The number of hydrogen-bond donors (Lipinski definition) is 2. The highest BCUT2D eigenvalue weighted by molar-refractivity contribution is 7.16. The first kappa shape index (κ1) is 21.3. The van der Waals surface area contributed by atoms with E-state index in [0.717, 1.165) is 68.6 Å². The van der Waals surface area contributed by atoms with Crippen LogP contribution >= 0.6 is 11.3 Å². The van der Waals surface area contributed by atoms with Gasteiger partial charge in [-0.1, -0.05) is 0 Å². The quantitative estimate of drug-likeness (QED) is 0.568. The number of halogens is 1. The number of alkyl halides is 1. The second kappa shape index (κ2) is 7.51. The number of H-pyrrole nitrogens is 1. The van der Waals surface area contributed by atoms with Gasteiger partial charge < -0.3 is 20.4 Å². The van der Waals surface area contributed by atoms with E-state index in [1.54, 1.807) is 17.7 Å². The van der Waals surface area contributed by atoms with Gasteiger partial charge in [-0.2, -0.15) is 15.2 Å². The van der Waals surface area contributed by atoms with Gasteiger partial charge in [-0.15, -0.1) is 11.3 Å². The van der Waals surface area contributed by atoms with Gasteiger partial charge in [0.1, 0.15) is 29.4 Å². The molecular weight excluding hydrogens is 467 g/mol. The summed E-state index contributed by atoms with van der Waals surface area (Å²) in [5, 5.41) is 10.4. The van der Waals surface area contributed by atoms with Crippen molar-refractivity contribution in [3.05, 3.63) is 22.3 Å². The van der Waals surface area contributed by atoms with Crippen molar-refractivity contribution in [1.82, 2.24) is 24.8 Å². The van der Waals surface area contributed by atoms with Crippen LogP contribution in [0.3, 0.4) is 0 Å². The summed E-state index contributed by atoms with van der Waals surface area (Å²) in [5.41, 5.74) is 9.01. The third kappa shape index (κ3) is 3.09. The number of nitrogens with zero attached hydrogens (tertiary/aromatic N) is 6. The number of aromatic nitrogens is 4. The zero-order valence-corrected chi connectivity index (χ0v) is 20.2. The van der Waals surface area contributed by atoms with Gasteiger partial charge in [0.15, 0.2) is 11.5 Å². The summed E-state index contributed by atoms with van der Waals surface area (Å²) >= 11 is 1.57. The van der Waals surface area contributed by atoms with E-state index in [1.165, 1.54) is 4.88 Å². The van der Waals surface area contributed by atoms with Crippen molar-refractivity contribution in [2.75, 3.05) is 43.4 Å². The molecule has 7 rings (SSSR count). The van der Waals surface area contributed by atoms with Crippen molar-refractivity contribution in [1.29, 1.82) is 5.26 Å². The lowest BCUT2D eigenvalue weighted by Gasteiger charge is -2.53. The number of nitriles is 1. The van der Waals surface area contributed by atoms with Crippen LogP contribution < -0.4 is 15.4 Å². The van der Waals surface area contributed by atoms with E-state index in [-0.39, 0.29) is 17.0 Å². The minimum Gasteiger partial charge on any atom is -0.461 e. The van der Waals surface area contributed by atoms with Gasteiger partial charge in [0.05, 0.1) is 17.4 Å². The van der Waals surface area contributed by atoms with Crippen LogP contribution in [0.15, 0.2) is 6.33 Å². The Kier molecular flexibility index (Phi) is 4.58. The average molecular weight is 495 g/mol. The van der Waals surface area contributed by atoms with Crippen LogP contribution in [0.4, 0.5) is 15.2 Å². The molecule has 2 atom stereocenters. The normalized spacial score (nSPS) is 27.1. The minimum absolute atomic E-state index is 0.0750. The van der Waals surface area contributed by atoms with E-state index in [1.807, 2.05) is 0 Å². The molecule has 182 valence electrons. The van der Waals surface area contributed by atoms with Gasteiger partial charge in [0.25, 0.3) is 0 Å². The molecule has 11 heteroatoms. The van der Waals surface area contributed by atoms with Gasteiger partial charge in [-0.3, -0.25) is 4.90 Å². The molecule has 0 amide bonds. The largest absolute Gasteiger partial charge is 0.461 e. The van der Waals surface area contributed by atoms with Crippen molar-refractivity contribution in [3.8, 4) is 12.1 Å². The van der Waals surface area contributed by atoms with Crippen LogP contribution in [0, 0.1) is 11.3 Å². The summed E-state index contributed by atoms with van der Waals surface area (Å²) in [6.45, 7) is 3.32. The fourth-order valence-electron chi connectivity index (χ4n) is 6.95. The molecule has 1 aliphatic carbocycles. The molecule has 0 saturated carbocycles. The number of ether oxygens (including phenoxy) is 1. The van der Waals surface area contributed by atoms with Crippen molar-refractivity contribution in [2.45, 2.75) is 55.7 Å². The average Bonchev–Trinajstić information content (AvgIpc) is 3.56. The highest BCUT2D eigenvalue weighted by Crippen LogP contribution is 2.51. The Morgan fingerprint density at radius 1 is 1.31 bits per heavy atom. The van der Waals surface area contributed by atoms with E-state index in [4.69, 9.17) is 15.5 Å². The molecule has 3 aromatic heterocycles. The predicted octanol–water partition coefficient (Wildman–Crippen LogP) is 2.92. The Labute approximate surface area is 206 Å². The summed E-state index contributed by atoms with van der Waals surface area (Å²) in [5.74, 6) is 0.762. The number of anilines is 2. The van der Waals surface area contributed by atoms with Crippen molar-refractivity contribution < 1.29 is 9.13 Å². The molecule has 1 spiro atoms. The monoisotopic (exact) mass is 494 g/mol. The number of thiophene rings is 1. The first-order chi connectivity index (χ1) is 17.0. The van der Waals surface area contributed by atoms with Crippen LogP contribution in [-0.2, 0) is 11.8 Å². The number of rotatable bonds is 4. The summed E-state index contributed by atoms with van der Waals surface area (Å²) in [7, 11) is 0. The van der Waals surface area contributed by atoms with E-state index < -0.39 is 6.17 Å². The van der Waals surface area contributed by atoms with Crippen LogP contribution in [0.25, 0.3) is 11.2 Å². The number of aryl methyl sites for hydroxylation is 1. The maximum atomic E-state index is 14.2. The van der Waals surface area contributed by atoms with E-state index >= 15 is 0 Å². The number of imidazole rings is 1. The van der Waals surface area contributed by atoms with Crippen molar-refractivity contribution in [3.63, 3.8) is 0 Å². The van der Waals surface area contributed by atoms with Gasteiger partial charge in [0, 0.05) is 36.3 Å². The zero-order chi connectivity index (χ0) is 23.8. The summed E-state index contributed by atoms with van der Waals surface area (Å²) in [6.07, 6.45) is 6.45. The van der Waals surface area contributed by atoms with Crippen molar-refractivity contribution >= 4 is 33.3 Å². The third-order valence-electron chi connectivity index (χ3n) is 8.47. The predicted molar refractivity (Wildman–Crippen MR) is 131 cm³/mol. The van der Waals surface area contributed by atoms with Crippen LogP contribution in [0.5, 0.6) is 6.01 Å². The van der Waals surface area contributed by atoms with E-state index in [0.29, 0.717) is 35.8 Å². The Balaban J connectivity index is 1.17. The molecular formula is C24H27FN8OS. The molecule has 0 unspecified atom stereocenters. The second-order valence-electron chi connectivity index (χ2n) is 10.5.